The van der Waals surface area contributed by atoms with Crippen LogP contribution in [0.2, 0.25) is 10.0 Å². The number of pyridine rings is 2. The third kappa shape index (κ3) is 5.59. The zero-order valence-corrected chi connectivity index (χ0v) is 21.1. The van der Waals surface area contributed by atoms with Gasteiger partial charge < -0.3 is 10.3 Å². The molecule has 1 amide bonds. The van der Waals surface area contributed by atoms with E-state index in [9.17, 15) is 4.79 Å². The van der Waals surface area contributed by atoms with Gasteiger partial charge in [-0.1, -0.05) is 53.5 Å². The summed E-state index contributed by atoms with van der Waals surface area (Å²) in [5.41, 5.74) is 5.94. The Balaban J connectivity index is 1.33. The molecule has 0 aliphatic heterocycles. The maximum atomic E-state index is 12.7. The zero-order valence-electron chi connectivity index (χ0n) is 19.6. The lowest BCUT2D eigenvalue weighted by atomic mass is 9.90. The first-order valence-electron chi connectivity index (χ1n) is 11.9. The van der Waals surface area contributed by atoms with Gasteiger partial charge in [-0.3, -0.25) is 19.7 Å². The first kappa shape index (κ1) is 24.4. The van der Waals surface area contributed by atoms with E-state index < -0.39 is 0 Å². The summed E-state index contributed by atoms with van der Waals surface area (Å²) in [5.74, 6) is -0.330. The van der Waals surface area contributed by atoms with Crippen LogP contribution in [-0.2, 0) is 26.1 Å². The average molecular weight is 521 g/mol. The maximum Gasteiger partial charge on any atom is 0.254 e. The normalized spacial score (nSPS) is 15.0. The Morgan fingerprint density at radius 3 is 2.69 bits per heavy atom. The molecule has 0 spiro atoms. The van der Waals surface area contributed by atoms with Crippen molar-refractivity contribution in [2.75, 3.05) is 0 Å². The fourth-order valence-electron chi connectivity index (χ4n) is 4.78. The van der Waals surface area contributed by atoms with Gasteiger partial charge in [-0.15, -0.1) is 0 Å². The van der Waals surface area contributed by atoms with E-state index in [4.69, 9.17) is 28.2 Å². The third-order valence-corrected chi connectivity index (χ3v) is 7.02. The van der Waals surface area contributed by atoms with Gasteiger partial charge in [0.05, 0.1) is 33.7 Å². The summed E-state index contributed by atoms with van der Waals surface area (Å²) in [6.07, 6.45) is 11.6. The smallest absolute Gasteiger partial charge is 0.254 e. The number of hydrogen-bond acceptors (Lipinski definition) is 5. The van der Waals surface area contributed by atoms with Crippen molar-refractivity contribution < 1.29 is 4.79 Å². The molecule has 36 heavy (non-hydrogen) atoms. The van der Waals surface area contributed by atoms with Gasteiger partial charge in [-0.25, -0.2) is 4.98 Å². The quantitative estimate of drug-likeness (QED) is 0.319. The minimum atomic E-state index is -0.330. The van der Waals surface area contributed by atoms with Crippen LogP contribution in [0.1, 0.15) is 57.3 Å². The van der Waals surface area contributed by atoms with Gasteiger partial charge in [-0.05, 0) is 42.0 Å². The highest BCUT2D eigenvalue weighted by atomic mass is 35.5. The molecule has 1 aliphatic carbocycles. The summed E-state index contributed by atoms with van der Waals surface area (Å²) in [5, 5.41) is 3.37. The first-order valence-corrected chi connectivity index (χ1v) is 12.6. The predicted octanol–water partition coefficient (Wildman–Crippen LogP) is 5.52. The number of carbonyl (C=O) groups is 1. The Morgan fingerprint density at radius 1 is 1.06 bits per heavy atom. The van der Waals surface area contributed by atoms with Crippen molar-refractivity contribution in [3.63, 3.8) is 0 Å². The number of aromatic amines is 1. The van der Waals surface area contributed by atoms with Crippen LogP contribution in [0, 0.1) is 0 Å². The summed E-state index contributed by atoms with van der Waals surface area (Å²) in [6, 6.07) is 12.7. The molecule has 3 heterocycles. The molecule has 9 heteroatoms. The highest BCUT2D eigenvalue weighted by Crippen LogP contribution is 2.34. The van der Waals surface area contributed by atoms with Crippen molar-refractivity contribution in [3.05, 3.63) is 111 Å². The van der Waals surface area contributed by atoms with Crippen molar-refractivity contribution >= 4 is 29.1 Å². The van der Waals surface area contributed by atoms with E-state index in [-0.39, 0.29) is 27.6 Å². The van der Waals surface area contributed by atoms with Crippen molar-refractivity contribution in [2.24, 2.45) is 0 Å². The van der Waals surface area contributed by atoms with Gasteiger partial charge in [0.25, 0.3) is 5.91 Å². The van der Waals surface area contributed by atoms with E-state index in [2.05, 4.69) is 43.4 Å². The molecule has 2 N–H and O–H groups in total. The number of hydrogen-bond donors (Lipinski definition) is 2. The van der Waals surface area contributed by atoms with E-state index in [1.165, 1.54) is 18.0 Å². The number of nitrogens with zero attached hydrogens (tertiary/aromatic N) is 4. The van der Waals surface area contributed by atoms with Crippen LogP contribution in [0.15, 0.2) is 67.5 Å². The molecule has 0 bridgehead atoms. The molecule has 1 unspecified atom stereocenters. The molecule has 5 rings (SSSR count). The molecule has 1 aliphatic rings. The number of imidazole rings is 1. The second-order valence-corrected chi connectivity index (χ2v) is 9.73. The van der Waals surface area contributed by atoms with Crippen LogP contribution in [0.3, 0.4) is 0 Å². The second-order valence-electron chi connectivity index (χ2n) is 8.92. The van der Waals surface area contributed by atoms with E-state index in [0.29, 0.717) is 6.54 Å². The fraction of sp³-hybridized carbons (Fsp3) is 0.259. The van der Waals surface area contributed by atoms with Gasteiger partial charge in [0.15, 0.2) is 0 Å². The van der Waals surface area contributed by atoms with Gasteiger partial charge >= 0.3 is 0 Å². The Morgan fingerprint density at radius 2 is 1.89 bits per heavy atom. The highest BCUT2D eigenvalue weighted by molar-refractivity contribution is 6.39. The molecular formula is C27H26Cl2N6O. The Bertz CT molecular complexity index is 1320. The van der Waals surface area contributed by atoms with Crippen molar-refractivity contribution in [3.8, 4) is 0 Å². The highest BCUT2D eigenvalue weighted by Gasteiger charge is 2.27. The second kappa shape index (κ2) is 11.2. The molecule has 0 saturated carbocycles. The molecule has 0 radical (unpaired) electrons. The van der Waals surface area contributed by atoms with Crippen LogP contribution < -0.4 is 5.32 Å². The van der Waals surface area contributed by atoms with Crippen LogP contribution in [0.4, 0.5) is 0 Å². The molecule has 7 nitrogen and oxygen atoms in total. The van der Waals surface area contributed by atoms with Crippen LogP contribution in [-0.4, -0.2) is 30.7 Å². The van der Waals surface area contributed by atoms with E-state index in [0.717, 1.165) is 54.9 Å². The van der Waals surface area contributed by atoms with E-state index >= 15 is 0 Å². The minimum Gasteiger partial charge on any atom is -0.348 e. The number of carbonyl (C=O) groups excluding carboxylic acids is 1. The lowest BCUT2D eigenvalue weighted by Gasteiger charge is -2.35. The number of nitrogens with one attached hydrogen (secondary N) is 2. The molecule has 0 fully saturated rings. The number of aromatic nitrogens is 4. The minimum absolute atomic E-state index is 0.220. The molecule has 0 saturated heterocycles. The predicted molar refractivity (Wildman–Crippen MR) is 140 cm³/mol. The number of fused-ring (bicyclic) bond motifs is 1. The third-order valence-electron chi connectivity index (χ3n) is 6.45. The molecular weight excluding hydrogens is 495 g/mol. The SMILES string of the molecule is O=C(NCc1cccc(CN(Cc2cnc[nH]2)C2CCCc3cccnc32)c1)c1c(Cl)cncc1Cl. The van der Waals surface area contributed by atoms with Crippen LogP contribution >= 0.6 is 23.2 Å². The number of amides is 1. The molecule has 184 valence electrons. The van der Waals surface area contributed by atoms with Crippen molar-refractivity contribution in [1.82, 2.24) is 30.2 Å². The molecule has 1 atom stereocenters. The largest absolute Gasteiger partial charge is 0.348 e. The topological polar surface area (TPSA) is 86.8 Å². The fourth-order valence-corrected chi connectivity index (χ4v) is 5.31. The number of rotatable bonds is 8. The summed E-state index contributed by atoms with van der Waals surface area (Å²) in [6.45, 7) is 1.83. The number of aryl methyl sites for hydroxylation is 1. The monoisotopic (exact) mass is 520 g/mol. The number of benzene rings is 1. The van der Waals surface area contributed by atoms with Gasteiger partial charge in [0.2, 0.25) is 0 Å². The average Bonchev–Trinajstić information content (AvgIpc) is 3.40. The number of H-pyrrole nitrogens is 1. The zero-order chi connectivity index (χ0) is 24.9. The summed E-state index contributed by atoms with van der Waals surface area (Å²) in [4.78, 5) is 31.2. The summed E-state index contributed by atoms with van der Waals surface area (Å²) < 4.78 is 0. The number of halogens is 2. The maximum absolute atomic E-state index is 12.7. The summed E-state index contributed by atoms with van der Waals surface area (Å²) in [7, 11) is 0. The summed E-state index contributed by atoms with van der Waals surface area (Å²) >= 11 is 12.3. The lowest BCUT2D eigenvalue weighted by Crippen LogP contribution is -2.31. The van der Waals surface area contributed by atoms with Crippen molar-refractivity contribution in [1.29, 1.82) is 0 Å². The standard InChI is InChI=1S/C27H26Cl2N6O/c28-22-13-30-14-23(29)25(22)27(36)33-11-18-4-1-5-19(10-18)15-35(16-21-12-31-17-34-21)24-8-2-6-20-7-3-9-32-26(20)24/h1,3-5,7,9-10,12-14,17,24H,2,6,8,11,15-16H2,(H,31,34)(H,33,36). The van der Waals surface area contributed by atoms with Crippen LogP contribution in [0.25, 0.3) is 0 Å². The lowest BCUT2D eigenvalue weighted by molar-refractivity contribution is 0.0951. The first-order chi connectivity index (χ1) is 17.6. The molecule has 1 aromatic carbocycles. The molecule has 3 aromatic heterocycles. The Hall–Kier alpha value is -3.26. The van der Waals surface area contributed by atoms with Gasteiger partial charge in [-0.2, -0.15) is 0 Å². The van der Waals surface area contributed by atoms with Crippen molar-refractivity contribution in [2.45, 2.75) is 44.9 Å². The van der Waals surface area contributed by atoms with Gasteiger partial charge in [0, 0.05) is 50.1 Å². The molecule has 4 aromatic rings. The Kier molecular flexibility index (Phi) is 7.60. The van der Waals surface area contributed by atoms with Gasteiger partial charge in [0.1, 0.15) is 0 Å². The van der Waals surface area contributed by atoms with Crippen LogP contribution in [0.5, 0.6) is 0 Å². The Labute approximate surface area is 219 Å². The van der Waals surface area contributed by atoms with E-state index in [1.807, 2.05) is 30.6 Å². The van der Waals surface area contributed by atoms with E-state index in [1.54, 1.807) is 6.33 Å².